The number of rotatable bonds is 5. The predicted molar refractivity (Wildman–Crippen MR) is 137 cm³/mol. The van der Waals surface area contributed by atoms with Crippen molar-refractivity contribution < 1.29 is 13.9 Å². The standard InChI is InChI=1S/C28H25N3O4/c1-15-9-21(17(3)31-26-13-19(7-8-29-26)28(33)34-4)27-22(10-15)24(32)14-25(35-27)18-5-6-23-20(12-18)11-16(2)30-23/h5-14,17,30H,1-4H3,(H,29,31). The number of ether oxygens (including phenoxy) is 1. The first-order valence-corrected chi connectivity index (χ1v) is 11.3. The van der Waals surface area contributed by atoms with E-state index in [1.807, 2.05) is 51.1 Å². The van der Waals surface area contributed by atoms with E-state index in [4.69, 9.17) is 9.15 Å². The molecule has 176 valence electrons. The lowest BCUT2D eigenvalue weighted by molar-refractivity contribution is 0.0600. The second kappa shape index (κ2) is 8.76. The molecular formula is C28H25N3O4. The van der Waals surface area contributed by atoms with Gasteiger partial charge in [-0.05, 0) is 68.8 Å². The first-order chi connectivity index (χ1) is 16.8. The summed E-state index contributed by atoms with van der Waals surface area (Å²) in [6.45, 7) is 5.91. The number of nitrogens with one attached hydrogen (secondary N) is 2. The molecular weight excluding hydrogens is 442 g/mol. The Bertz CT molecular complexity index is 1650. The highest BCUT2D eigenvalue weighted by Crippen LogP contribution is 2.31. The molecule has 2 aromatic carbocycles. The monoisotopic (exact) mass is 467 g/mol. The highest BCUT2D eigenvalue weighted by Gasteiger charge is 2.17. The molecule has 0 radical (unpaired) electrons. The topological polar surface area (TPSA) is 97.2 Å². The van der Waals surface area contributed by atoms with E-state index < -0.39 is 5.97 Å². The molecule has 35 heavy (non-hydrogen) atoms. The molecule has 0 amide bonds. The maximum Gasteiger partial charge on any atom is 0.338 e. The SMILES string of the molecule is COC(=O)c1ccnc(NC(C)c2cc(C)cc3c(=O)cc(-c4ccc5[nH]c(C)cc5c4)oc23)c1. The predicted octanol–water partition coefficient (Wildman–Crippen LogP) is 5.91. The second-order valence-electron chi connectivity index (χ2n) is 8.75. The quantitative estimate of drug-likeness (QED) is 0.312. The first-order valence-electron chi connectivity index (χ1n) is 11.3. The molecule has 0 aliphatic rings. The molecule has 0 aliphatic heterocycles. The summed E-state index contributed by atoms with van der Waals surface area (Å²) in [4.78, 5) is 32.7. The average molecular weight is 468 g/mol. The van der Waals surface area contributed by atoms with Crippen LogP contribution in [-0.4, -0.2) is 23.0 Å². The minimum atomic E-state index is -0.436. The van der Waals surface area contributed by atoms with Gasteiger partial charge in [0, 0.05) is 40.0 Å². The van der Waals surface area contributed by atoms with Crippen LogP contribution in [0.4, 0.5) is 5.82 Å². The van der Waals surface area contributed by atoms with E-state index in [-0.39, 0.29) is 11.5 Å². The van der Waals surface area contributed by atoms with Gasteiger partial charge in [-0.1, -0.05) is 6.07 Å². The zero-order chi connectivity index (χ0) is 24.7. The largest absolute Gasteiger partial charge is 0.465 e. The van der Waals surface area contributed by atoms with Crippen LogP contribution in [0.2, 0.25) is 0 Å². The van der Waals surface area contributed by atoms with Gasteiger partial charge in [-0.25, -0.2) is 9.78 Å². The number of carbonyl (C=O) groups is 1. The number of aromatic nitrogens is 2. The van der Waals surface area contributed by atoms with Crippen LogP contribution >= 0.6 is 0 Å². The van der Waals surface area contributed by atoms with Crippen molar-refractivity contribution in [3.8, 4) is 11.3 Å². The van der Waals surface area contributed by atoms with Crippen LogP contribution in [0.15, 0.2) is 70.0 Å². The third-order valence-corrected chi connectivity index (χ3v) is 6.05. The number of aryl methyl sites for hydroxylation is 2. The summed E-state index contributed by atoms with van der Waals surface area (Å²) in [6, 6.07) is 16.4. The molecule has 0 spiro atoms. The summed E-state index contributed by atoms with van der Waals surface area (Å²) in [7, 11) is 1.34. The Labute approximate surface area is 201 Å². The van der Waals surface area contributed by atoms with Gasteiger partial charge in [-0.15, -0.1) is 0 Å². The Balaban J connectivity index is 1.59. The van der Waals surface area contributed by atoms with E-state index in [2.05, 4.69) is 21.4 Å². The minimum absolute atomic E-state index is 0.102. The minimum Gasteiger partial charge on any atom is -0.465 e. The first kappa shape index (κ1) is 22.4. The number of methoxy groups -OCH3 is 1. The third-order valence-electron chi connectivity index (χ3n) is 6.05. The molecule has 7 heteroatoms. The lowest BCUT2D eigenvalue weighted by Crippen LogP contribution is -2.12. The molecule has 5 aromatic rings. The van der Waals surface area contributed by atoms with Crippen LogP contribution in [0, 0.1) is 13.8 Å². The van der Waals surface area contributed by atoms with Gasteiger partial charge in [-0.3, -0.25) is 4.79 Å². The number of aromatic amines is 1. The lowest BCUT2D eigenvalue weighted by atomic mass is 10.0. The summed E-state index contributed by atoms with van der Waals surface area (Å²) < 4.78 is 11.2. The van der Waals surface area contributed by atoms with Crippen LogP contribution in [0.1, 0.15) is 40.1 Å². The van der Waals surface area contributed by atoms with Gasteiger partial charge in [0.1, 0.15) is 17.2 Å². The van der Waals surface area contributed by atoms with Gasteiger partial charge >= 0.3 is 5.97 Å². The van der Waals surface area contributed by atoms with E-state index in [0.717, 1.165) is 33.3 Å². The number of esters is 1. The maximum atomic E-state index is 13.1. The van der Waals surface area contributed by atoms with Crippen molar-refractivity contribution >= 4 is 33.7 Å². The molecule has 0 bridgehead atoms. The summed E-state index contributed by atoms with van der Waals surface area (Å²) >= 11 is 0. The van der Waals surface area contributed by atoms with Crippen molar-refractivity contribution in [3.63, 3.8) is 0 Å². The molecule has 7 nitrogen and oxygen atoms in total. The molecule has 0 aliphatic carbocycles. The van der Waals surface area contributed by atoms with Crippen molar-refractivity contribution in [2.75, 3.05) is 12.4 Å². The maximum absolute atomic E-state index is 13.1. The van der Waals surface area contributed by atoms with E-state index in [1.54, 1.807) is 24.4 Å². The van der Waals surface area contributed by atoms with E-state index >= 15 is 0 Å². The number of hydrogen-bond donors (Lipinski definition) is 2. The van der Waals surface area contributed by atoms with Crippen LogP contribution in [-0.2, 0) is 4.74 Å². The van der Waals surface area contributed by atoms with Crippen molar-refractivity contribution in [2.24, 2.45) is 0 Å². The molecule has 3 aromatic heterocycles. The fourth-order valence-electron chi connectivity index (χ4n) is 4.38. The molecule has 2 N–H and O–H groups in total. The van der Waals surface area contributed by atoms with Crippen LogP contribution in [0.3, 0.4) is 0 Å². The molecule has 3 heterocycles. The fourth-order valence-corrected chi connectivity index (χ4v) is 4.38. The Morgan fingerprint density at radius 2 is 1.91 bits per heavy atom. The zero-order valence-corrected chi connectivity index (χ0v) is 19.9. The number of hydrogen-bond acceptors (Lipinski definition) is 6. The normalized spacial score (nSPS) is 12.1. The molecule has 1 atom stereocenters. The zero-order valence-electron chi connectivity index (χ0n) is 19.9. The smallest absolute Gasteiger partial charge is 0.338 e. The van der Waals surface area contributed by atoms with Crippen molar-refractivity contribution in [3.05, 3.63) is 93.4 Å². The van der Waals surface area contributed by atoms with Gasteiger partial charge in [0.05, 0.1) is 24.1 Å². The second-order valence-corrected chi connectivity index (χ2v) is 8.75. The number of H-pyrrole nitrogens is 1. The van der Waals surface area contributed by atoms with Crippen LogP contribution in [0.25, 0.3) is 33.2 Å². The molecule has 1 unspecified atom stereocenters. The number of benzene rings is 2. The third kappa shape index (κ3) is 4.28. The number of carbonyl (C=O) groups excluding carboxylic acids is 1. The van der Waals surface area contributed by atoms with Crippen molar-refractivity contribution in [1.82, 2.24) is 9.97 Å². The Morgan fingerprint density at radius 3 is 2.71 bits per heavy atom. The van der Waals surface area contributed by atoms with Gasteiger partial charge in [-0.2, -0.15) is 0 Å². The Kier molecular flexibility index (Phi) is 5.61. The van der Waals surface area contributed by atoms with E-state index in [9.17, 15) is 9.59 Å². The highest BCUT2D eigenvalue weighted by molar-refractivity contribution is 5.90. The molecule has 0 fully saturated rings. The summed E-state index contributed by atoms with van der Waals surface area (Å²) in [5.41, 5.74) is 5.52. The van der Waals surface area contributed by atoms with Gasteiger partial charge in [0.2, 0.25) is 0 Å². The van der Waals surface area contributed by atoms with Gasteiger partial charge < -0.3 is 19.5 Å². The van der Waals surface area contributed by atoms with E-state index in [1.165, 1.54) is 7.11 Å². The number of pyridine rings is 1. The van der Waals surface area contributed by atoms with Crippen molar-refractivity contribution in [1.29, 1.82) is 0 Å². The molecule has 0 saturated heterocycles. The van der Waals surface area contributed by atoms with E-state index in [0.29, 0.717) is 28.1 Å². The molecule has 5 rings (SSSR count). The summed E-state index contributed by atoms with van der Waals surface area (Å²) in [5, 5.41) is 4.89. The lowest BCUT2D eigenvalue weighted by Gasteiger charge is -2.18. The Hall–Kier alpha value is -4.39. The molecule has 0 saturated carbocycles. The number of nitrogens with zero attached hydrogens (tertiary/aromatic N) is 1. The Morgan fingerprint density at radius 1 is 1.09 bits per heavy atom. The highest BCUT2D eigenvalue weighted by atomic mass is 16.5. The van der Waals surface area contributed by atoms with Gasteiger partial charge in [0.25, 0.3) is 0 Å². The summed E-state index contributed by atoms with van der Waals surface area (Å²) in [5.74, 6) is 0.586. The van der Waals surface area contributed by atoms with Gasteiger partial charge in [0.15, 0.2) is 5.43 Å². The average Bonchev–Trinajstić information content (AvgIpc) is 3.22. The van der Waals surface area contributed by atoms with Crippen LogP contribution < -0.4 is 10.7 Å². The van der Waals surface area contributed by atoms with Crippen molar-refractivity contribution in [2.45, 2.75) is 26.8 Å². The summed E-state index contributed by atoms with van der Waals surface area (Å²) in [6.07, 6.45) is 1.55. The van der Waals surface area contributed by atoms with Crippen LogP contribution in [0.5, 0.6) is 0 Å². The number of anilines is 1. The fraction of sp³-hybridized carbons (Fsp3) is 0.179. The number of fused-ring (bicyclic) bond motifs is 2.